The highest BCUT2D eigenvalue weighted by molar-refractivity contribution is 7.15. The number of benzene rings is 1. The van der Waals surface area contributed by atoms with Crippen LogP contribution in [0.2, 0.25) is 0 Å². The molecule has 1 aliphatic heterocycles. The van der Waals surface area contributed by atoms with E-state index in [0.717, 1.165) is 42.4 Å². The monoisotopic (exact) mass is 313 g/mol. The predicted molar refractivity (Wildman–Crippen MR) is 88.6 cm³/mol. The third kappa shape index (κ3) is 2.62. The van der Waals surface area contributed by atoms with Gasteiger partial charge in [0.2, 0.25) is 0 Å². The number of ether oxygens (including phenoxy) is 1. The second-order valence-electron chi connectivity index (χ2n) is 5.79. The molecule has 3 aromatic rings. The van der Waals surface area contributed by atoms with Gasteiger partial charge in [-0.2, -0.15) is 0 Å². The summed E-state index contributed by atoms with van der Waals surface area (Å²) in [7, 11) is 0. The summed E-state index contributed by atoms with van der Waals surface area (Å²) in [6.07, 6.45) is 6.32. The van der Waals surface area contributed by atoms with Gasteiger partial charge in [-0.15, -0.1) is 11.3 Å². The van der Waals surface area contributed by atoms with Crippen LogP contribution < -0.4 is 10.1 Å². The first-order valence-corrected chi connectivity index (χ1v) is 8.55. The standard InChI is InChI=1S/C17H19N3OS/c1-12-4-5-14-15(3-2-7-21-16(14)9-12)18-10-13-11-20-6-8-22-17(20)19-13/h4-6,8-9,11,15,18H,2-3,7,10H2,1H3/t15-/m0/s1. The normalized spacial score (nSPS) is 18.0. The highest BCUT2D eigenvalue weighted by atomic mass is 32.1. The third-order valence-corrected chi connectivity index (χ3v) is 4.88. The summed E-state index contributed by atoms with van der Waals surface area (Å²) >= 11 is 1.67. The molecule has 0 saturated heterocycles. The number of hydrogen-bond acceptors (Lipinski definition) is 4. The molecule has 114 valence electrons. The van der Waals surface area contributed by atoms with E-state index >= 15 is 0 Å². The van der Waals surface area contributed by atoms with E-state index in [1.165, 1.54) is 11.1 Å². The number of thiazole rings is 1. The van der Waals surface area contributed by atoms with Crippen LogP contribution in [-0.2, 0) is 6.54 Å². The first kappa shape index (κ1) is 13.8. The summed E-state index contributed by atoms with van der Waals surface area (Å²) in [6, 6.07) is 6.83. The zero-order chi connectivity index (χ0) is 14.9. The van der Waals surface area contributed by atoms with Crippen molar-refractivity contribution in [3.05, 3.63) is 52.8 Å². The molecule has 4 nitrogen and oxygen atoms in total. The van der Waals surface area contributed by atoms with Crippen molar-refractivity contribution in [1.29, 1.82) is 0 Å². The van der Waals surface area contributed by atoms with Crippen molar-refractivity contribution in [1.82, 2.24) is 14.7 Å². The van der Waals surface area contributed by atoms with Crippen molar-refractivity contribution < 1.29 is 4.74 Å². The summed E-state index contributed by atoms with van der Waals surface area (Å²) < 4.78 is 7.97. The van der Waals surface area contributed by atoms with Gasteiger partial charge < -0.3 is 10.1 Å². The van der Waals surface area contributed by atoms with E-state index in [0.29, 0.717) is 6.04 Å². The van der Waals surface area contributed by atoms with E-state index in [1.807, 2.05) is 6.20 Å². The van der Waals surface area contributed by atoms with Crippen LogP contribution in [0.15, 0.2) is 36.0 Å². The maximum Gasteiger partial charge on any atom is 0.193 e. The molecule has 1 aromatic carbocycles. The first-order valence-electron chi connectivity index (χ1n) is 7.67. The first-order chi connectivity index (χ1) is 10.8. The molecule has 1 atom stereocenters. The molecule has 0 aliphatic carbocycles. The van der Waals surface area contributed by atoms with Gasteiger partial charge in [-0.1, -0.05) is 12.1 Å². The second kappa shape index (κ2) is 5.74. The minimum Gasteiger partial charge on any atom is -0.493 e. The van der Waals surface area contributed by atoms with Crippen LogP contribution in [0.1, 0.15) is 35.7 Å². The quantitative estimate of drug-likeness (QED) is 0.801. The molecule has 3 heterocycles. The lowest BCUT2D eigenvalue weighted by molar-refractivity contribution is 0.315. The summed E-state index contributed by atoms with van der Waals surface area (Å²) in [5, 5.41) is 5.71. The van der Waals surface area contributed by atoms with Gasteiger partial charge in [-0.25, -0.2) is 4.98 Å². The average molecular weight is 313 g/mol. The topological polar surface area (TPSA) is 38.6 Å². The highest BCUT2D eigenvalue weighted by Gasteiger charge is 2.19. The Kier molecular flexibility index (Phi) is 3.60. The summed E-state index contributed by atoms with van der Waals surface area (Å²) in [5.74, 6) is 1.03. The molecule has 22 heavy (non-hydrogen) atoms. The number of imidazole rings is 1. The van der Waals surface area contributed by atoms with Crippen LogP contribution in [0.5, 0.6) is 5.75 Å². The van der Waals surface area contributed by atoms with Gasteiger partial charge >= 0.3 is 0 Å². The van der Waals surface area contributed by atoms with E-state index < -0.39 is 0 Å². The van der Waals surface area contributed by atoms with Crippen LogP contribution >= 0.6 is 11.3 Å². The Bertz CT molecular complexity index is 764. The minimum atomic E-state index is 0.331. The number of nitrogens with zero attached hydrogens (tertiary/aromatic N) is 2. The predicted octanol–water partition coefficient (Wildman–Crippen LogP) is 3.71. The zero-order valence-corrected chi connectivity index (χ0v) is 13.4. The summed E-state index contributed by atoms with van der Waals surface area (Å²) in [6.45, 7) is 3.69. The SMILES string of the molecule is Cc1ccc2c(c1)OCCC[C@@H]2NCc1cn2ccsc2n1. The Morgan fingerprint density at radius 1 is 1.45 bits per heavy atom. The molecular formula is C17H19N3OS. The van der Waals surface area contributed by atoms with E-state index in [1.54, 1.807) is 11.3 Å². The molecule has 5 heteroatoms. The van der Waals surface area contributed by atoms with Gasteiger partial charge in [0.1, 0.15) is 5.75 Å². The Hall–Kier alpha value is -1.85. The smallest absolute Gasteiger partial charge is 0.193 e. The Morgan fingerprint density at radius 2 is 2.41 bits per heavy atom. The van der Waals surface area contributed by atoms with Crippen LogP contribution in [0.25, 0.3) is 4.96 Å². The number of aryl methyl sites for hydroxylation is 1. The fourth-order valence-corrected chi connectivity index (χ4v) is 3.70. The van der Waals surface area contributed by atoms with Crippen LogP contribution in [-0.4, -0.2) is 16.0 Å². The molecule has 2 aromatic heterocycles. The molecule has 0 fully saturated rings. The second-order valence-corrected chi connectivity index (χ2v) is 6.66. The lowest BCUT2D eigenvalue weighted by Crippen LogP contribution is -2.20. The third-order valence-electron chi connectivity index (χ3n) is 4.11. The summed E-state index contributed by atoms with van der Waals surface area (Å²) in [4.78, 5) is 5.69. The van der Waals surface area contributed by atoms with Gasteiger partial charge in [0.15, 0.2) is 4.96 Å². The zero-order valence-electron chi connectivity index (χ0n) is 12.6. The minimum absolute atomic E-state index is 0.331. The molecule has 0 saturated carbocycles. The van der Waals surface area contributed by atoms with Crippen molar-refractivity contribution in [2.45, 2.75) is 32.4 Å². The number of fused-ring (bicyclic) bond motifs is 2. The lowest BCUT2D eigenvalue weighted by Gasteiger charge is -2.18. The molecule has 0 bridgehead atoms. The molecular weight excluding hydrogens is 294 g/mol. The van der Waals surface area contributed by atoms with E-state index in [2.05, 4.69) is 51.4 Å². The number of hydrogen-bond donors (Lipinski definition) is 1. The van der Waals surface area contributed by atoms with Gasteiger partial charge in [0.05, 0.1) is 12.3 Å². The molecule has 1 aliphatic rings. The van der Waals surface area contributed by atoms with E-state index in [4.69, 9.17) is 4.74 Å². The van der Waals surface area contributed by atoms with Crippen molar-refractivity contribution in [3.8, 4) is 5.75 Å². The Labute approximate surface area is 133 Å². The summed E-state index contributed by atoms with van der Waals surface area (Å²) in [5.41, 5.74) is 3.60. The van der Waals surface area contributed by atoms with Crippen LogP contribution in [0, 0.1) is 6.92 Å². The molecule has 1 N–H and O–H groups in total. The molecule has 0 amide bonds. The largest absolute Gasteiger partial charge is 0.493 e. The van der Waals surface area contributed by atoms with Crippen LogP contribution in [0.3, 0.4) is 0 Å². The molecule has 4 rings (SSSR count). The number of nitrogens with one attached hydrogen (secondary N) is 1. The molecule has 0 unspecified atom stereocenters. The fourth-order valence-electron chi connectivity index (χ4n) is 2.98. The van der Waals surface area contributed by atoms with Gasteiger partial charge in [0, 0.05) is 35.9 Å². The van der Waals surface area contributed by atoms with Gasteiger partial charge in [-0.3, -0.25) is 4.40 Å². The molecule has 0 radical (unpaired) electrons. The van der Waals surface area contributed by atoms with Gasteiger partial charge in [0.25, 0.3) is 0 Å². The van der Waals surface area contributed by atoms with Gasteiger partial charge in [-0.05, 0) is 31.4 Å². The maximum atomic E-state index is 5.89. The van der Waals surface area contributed by atoms with Crippen molar-refractivity contribution in [2.24, 2.45) is 0 Å². The van der Waals surface area contributed by atoms with E-state index in [-0.39, 0.29) is 0 Å². The maximum absolute atomic E-state index is 5.89. The number of rotatable bonds is 3. The Balaban J connectivity index is 1.53. The Morgan fingerprint density at radius 3 is 3.32 bits per heavy atom. The lowest BCUT2D eigenvalue weighted by atomic mass is 10.0. The molecule has 0 spiro atoms. The van der Waals surface area contributed by atoms with Crippen LogP contribution in [0.4, 0.5) is 0 Å². The van der Waals surface area contributed by atoms with Crippen molar-refractivity contribution in [2.75, 3.05) is 6.61 Å². The number of aromatic nitrogens is 2. The van der Waals surface area contributed by atoms with Crippen molar-refractivity contribution in [3.63, 3.8) is 0 Å². The van der Waals surface area contributed by atoms with Crippen molar-refractivity contribution >= 4 is 16.3 Å². The van der Waals surface area contributed by atoms with E-state index in [9.17, 15) is 0 Å². The average Bonchev–Trinajstić information content (AvgIpc) is 3.02. The highest BCUT2D eigenvalue weighted by Crippen LogP contribution is 2.32. The fraction of sp³-hybridized carbons (Fsp3) is 0.353.